The second kappa shape index (κ2) is 8.22. The van der Waals surface area contributed by atoms with Gasteiger partial charge in [0.25, 0.3) is 0 Å². The molecule has 2 aliphatic heterocycles. The fourth-order valence-corrected chi connectivity index (χ4v) is 4.39. The predicted molar refractivity (Wildman–Crippen MR) is 130 cm³/mol. The predicted octanol–water partition coefficient (Wildman–Crippen LogP) is 4.24. The Morgan fingerprint density at radius 1 is 1.09 bits per heavy atom. The standard InChI is InChI=1S/C25H24N6O2/c1-32-23-15-19(3-5-22(23)30-10-12-33-13-11-30)28-24-25-27-8-9-31(25)16-21(29-24)17-2-4-20-18(14-17)6-7-26-20/h2-5,7-9,14-16H,6,10-13H2,1H3,(H,28,29). The molecule has 4 heterocycles. The molecule has 33 heavy (non-hydrogen) atoms. The normalized spacial score (nSPS) is 15.1. The van der Waals surface area contributed by atoms with Gasteiger partial charge in [0, 0.05) is 61.6 Å². The van der Waals surface area contributed by atoms with Crippen molar-refractivity contribution >= 4 is 34.7 Å². The molecule has 1 N–H and O–H groups in total. The molecule has 166 valence electrons. The topological polar surface area (TPSA) is 76.3 Å². The highest BCUT2D eigenvalue weighted by Crippen LogP contribution is 2.34. The Balaban J connectivity index is 1.35. The lowest BCUT2D eigenvalue weighted by Gasteiger charge is -2.30. The maximum Gasteiger partial charge on any atom is 0.180 e. The molecule has 2 aromatic carbocycles. The molecule has 0 atom stereocenters. The van der Waals surface area contributed by atoms with Gasteiger partial charge in [-0.2, -0.15) is 0 Å². The number of aliphatic imine (C=N–C) groups is 1. The number of nitrogens with zero attached hydrogens (tertiary/aromatic N) is 5. The molecule has 1 saturated heterocycles. The minimum absolute atomic E-state index is 0.690. The lowest BCUT2D eigenvalue weighted by Crippen LogP contribution is -2.36. The Morgan fingerprint density at radius 3 is 2.88 bits per heavy atom. The van der Waals surface area contributed by atoms with Gasteiger partial charge in [-0.15, -0.1) is 0 Å². The first-order chi connectivity index (χ1) is 16.3. The molecular weight excluding hydrogens is 416 g/mol. The van der Waals surface area contributed by atoms with Crippen molar-refractivity contribution in [3.8, 4) is 17.0 Å². The molecule has 1 fully saturated rings. The van der Waals surface area contributed by atoms with E-state index in [4.69, 9.17) is 14.5 Å². The fraction of sp³-hybridized carbons (Fsp3) is 0.240. The number of aromatic nitrogens is 3. The summed E-state index contributed by atoms with van der Waals surface area (Å²) in [5.41, 5.74) is 6.90. The van der Waals surface area contributed by atoms with Crippen molar-refractivity contribution in [1.82, 2.24) is 14.4 Å². The number of benzene rings is 2. The van der Waals surface area contributed by atoms with Crippen LogP contribution in [0.4, 0.5) is 22.9 Å². The first-order valence-corrected chi connectivity index (χ1v) is 11.1. The molecule has 6 rings (SSSR count). The van der Waals surface area contributed by atoms with Crippen LogP contribution in [0.2, 0.25) is 0 Å². The largest absolute Gasteiger partial charge is 0.495 e. The zero-order valence-corrected chi connectivity index (χ0v) is 18.4. The number of anilines is 3. The monoisotopic (exact) mass is 440 g/mol. The van der Waals surface area contributed by atoms with Gasteiger partial charge in [-0.3, -0.25) is 4.99 Å². The van der Waals surface area contributed by atoms with Gasteiger partial charge in [0.2, 0.25) is 0 Å². The van der Waals surface area contributed by atoms with Gasteiger partial charge in [0.15, 0.2) is 11.5 Å². The average molecular weight is 441 g/mol. The average Bonchev–Trinajstić information content (AvgIpc) is 3.53. The van der Waals surface area contributed by atoms with Crippen LogP contribution in [0.3, 0.4) is 0 Å². The molecule has 8 nitrogen and oxygen atoms in total. The Hall–Kier alpha value is -3.91. The van der Waals surface area contributed by atoms with E-state index < -0.39 is 0 Å². The molecule has 2 aliphatic rings. The third kappa shape index (κ3) is 3.68. The lowest BCUT2D eigenvalue weighted by atomic mass is 10.1. The van der Waals surface area contributed by atoms with Crippen molar-refractivity contribution in [2.75, 3.05) is 43.6 Å². The van der Waals surface area contributed by atoms with Gasteiger partial charge in [0.1, 0.15) is 5.75 Å². The number of ether oxygens (including phenoxy) is 2. The molecule has 0 amide bonds. The van der Waals surface area contributed by atoms with Gasteiger partial charge < -0.3 is 24.1 Å². The van der Waals surface area contributed by atoms with Crippen LogP contribution < -0.4 is 15.0 Å². The van der Waals surface area contributed by atoms with Crippen molar-refractivity contribution < 1.29 is 9.47 Å². The van der Waals surface area contributed by atoms with E-state index in [-0.39, 0.29) is 0 Å². The van der Waals surface area contributed by atoms with Gasteiger partial charge in [-0.25, -0.2) is 9.97 Å². The van der Waals surface area contributed by atoms with Crippen molar-refractivity contribution in [3.63, 3.8) is 0 Å². The summed E-state index contributed by atoms with van der Waals surface area (Å²) in [5, 5.41) is 3.46. The number of nitrogens with one attached hydrogen (secondary N) is 1. The second-order valence-corrected chi connectivity index (χ2v) is 8.10. The highest BCUT2D eigenvalue weighted by atomic mass is 16.5. The van der Waals surface area contributed by atoms with Gasteiger partial charge in [0.05, 0.1) is 37.4 Å². The molecule has 0 radical (unpaired) electrons. The van der Waals surface area contributed by atoms with E-state index in [1.54, 1.807) is 13.3 Å². The highest BCUT2D eigenvalue weighted by molar-refractivity contribution is 5.80. The van der Waals surface area contributed by atoms with E-state index in [2.05, 4.69) is 44.5 Å². The molecule has 0 aliphatic carbocycles. The van der Waals surface area contributed by atoms with Crippen LogP contribution in [0.15, 0.2) is 60.0 Å². The van der Waals surface area contributed by atoms with E-state index in [0.29, 0.717) is 5.82 Å². The summed E-state index contributed by atoms with van der Waals surface area (Å²) in [6.45, 7) is 3.17. The number of hydrogen-bond donors (Lipinski definition) is 1. The summed E-state index contributed by atoms with van der Waals surface area (Å²) < 4.78 is 13.2. The second-order valence-electron chi connectivity index (χ2n) is 8.10. The zero-order valence-electron chi connectivity index (χ0n) is 18.4. The van der Waals surface area contributed by atoms with Crippen LogP contribution in [0, 0.1) is 0 Å². The molecular formula is C25H24N6O2. The van der Waals surface area contributed by atoms with Crippen LogP contribution in [-0.2, 0) is 11.2 Å². The maximum absolute atomic E-state index is 5.71. The van der Waals surface area contributed by atoms with Gasteiger partial charge in [-0.1, -0.05) is 6.07 Å². The summed E-state index contributed by atoms with van der Waals surface area (Å²) in [7, 11) is 1.70. The van der Waals surface area contributed by atoms with Crippen molar-refractivity contribution in [1.29, 1.82) is 0 Å². The lowest BCUT2D eigenvalue weighted by molar-refractivity contribution is 0.122. The SMILES string of the molecule is COc1cc(Nc2nc(-c3ccc4c(c3)CC=N4)cn3ccnc23)ccc1N1CCOCC1. The first-order valence-electron chi connectivity index (χ1n) is 11.1. The summed E-state index contributed by atoms with van der Waals surface area (Å²) >= 11 is 0. The molecule has 2 aromatic heterocycles. The van der Waals surface area contributed by atoms with Crippen LogP contribution in [0.1, 0.15) is 5.56 Å². The molecule has 4 aromatic rings. The van der Waals surface area contributed by atoms with Crippen molar-refractivity contribution in [3.05, 3.63) is 60.6 Å². The number of imidazole rings is 1. The number of hydrogen-bond acceptors (Lipinski definition) is 7. The molecule has 0 spiro atoms. The zero-order chi connectivity index (χ0) is 22.2. The Bertz CT molecular complexity index is 1360. The summed E-state index contributed by atoms with van der Waals surface area (Å²) in [4.78, 5) is 16.1. The number of rotatable bonds is 5. The van der Waals surface area contributed by atoms with Crippen molar-refractivity contribution in [2.45, 2.75) is 6.42 Å². The first kappa shape index (κ1) is 19.8. The van der Waals surface area contributed by atoms with E-state index in [1.807, 2.05) is 35.1 Å². The van der Waals surface area contributed by atoms with E-state index >= 15 is 0 Å². The minimum atomic E-state index is 0.690. The Morgan fingerprint density at radius 2 is 2.00 bits per heavy atom. The molecule has 0 unspecified atom stereocenters. The van der Waals surface area contributed by atoms with Crippen LogP contribution in [0.25, 0.3) is 16.9 Å². The van der Waals surface area contributed by atoms with Crippen LogP contribution >= 0.6 is 0 Å². The number of fused-ring (bicyclic) bond motifs is 2. The van der Waals surface area contributed by atoms with E-state index in [9.17, 15) is 0 Å². The Labute approximate surface area is 191 Å². The Kier molecular flexibility index (Phi) is 4.92. The maximum atomic E-state index is 5.71. The fourth-order valence-electron chi connectivity index (χ4n) is 4.39. The molecule has 8 heteroatoms. The quantitative estimate of drug-likeness (QED) is 0.500. The van der Waals surface area contributed by atoms with Crippen LogP contribution in [0.5, 0.6) is 5.75 Å². The summed E-state index contributed by atoms with van der Waals surface area (Å²) in [6, 6.07) is 12.4. The van der Waals surface area contributed by atoms with Crippen LogP contribution in [-0.4, -0.2) is 54.0 Å². The number of morpholine rings is 1. The van der Waals surface area contributed by atoms with E-state index in [0.717, 1.165) is 72.4 Å². The molecule has 0 saturated carbocycles. The molecule has 0 bridgehead atoms. The van der Waals surface area contributed by atoms with Gasteiger partial charge in [-0.05, 0) is 29.8 Å². The third-order valence-electron chi connectivity index (χ3n) is 6.09. The number of methoxy groups -OCH3 is 1. The summed E-state index contributed by atoms with van der Waals surface area (Å²) in [6.07, 6.45) is 8.53. The smallest absolute Gasteiger partial charge is 0.180 e. The summed E-state index contributed by atoms with van der Waals surface area (Å²) in [5.74, 6) is 1.51. The minimum Gasteiger partial charge on any atom is -0.495 e. The third-order valence-corrected chi connectivity index (χ3v) is 6.09. The highest BCUT2D eigenvalue weighted by Gasteiger charge is 2.17. The van der Waals surface area contributed by atoms with Gasteiger partial charge >= 0.3 is 0 Å². The van der Waals surface area contributed by atoms with E-state index in [1.165, 1.54) is 5.56 Å². The van der Waals surface area contributed by atoms with Crippen molar-refractivity contribution in [2.24, 2.45) is 4.99 Å².